The van der Waals surface area contributed by atoms with Crippen LogP contribution in [0.3, 0.4) is 0 Å². The van der Waals surface area contributed by atoms with Crippen LogP contribution in [0.25, 0.3) is 0 Å². The van der Waals surface area contributed by atoms with Gasteiger partial charge in [-0.3, -0.25) is 9.59 Å². The minimum absolute atomic E-state index is 0.0638. The van der Waals surface area contributed by atoms with Crippen molar-refractivity contribution in [1.82, 2.24) is 9.80 Å². The highest BCUT2D eigenvalue weighted by atomic mass is 16.5. The number of nitrogens with zero attached hydrogens (tertiary/aromatic N) is 2. The molecule has 0 aliphatic carbocycles. The summed E-state index contributed by atoms with van der Waals surface area (Å²) in [5.74, 6) is 1.59. The summed E-state index contributed by atoms with van der Waals surface area (Å²) in [5, 5.41) is 3.22. The third-order valence-corrected chi connectivity index (χ3v) is 4.14. The molecule has 0 aromatic heterocycles. The number of benzene rings is 1. The van der Waals surface area contributed by atoms with Gasteiger partial charge in [-0.05, 0) is 12.1 Å². The molecule has 1 saturated heterocycles. The van der Waals surface area contributed by atoms with Gasteiger partial charge in [-0.1, -0.05) is 0 Å². The molecule has 1 aromatic carbocycles. The van der Waals surface area contributed by atoms with E-state index in [0.717, 1.165) is 11.4 Å². The number of hydrogen-bond acceptors (Lipinski definition) is 5. The molecule has 1 N–H and O–H groups in total. The number of methoxy groups -OCH3 is 2. The first-order chi connectivity index (χ1) is 11.5. The lowest BCUT2D eigenvalue weighted by molar-refractivity contribution is -0.138. The maximum absolute atomic E-state index is 12.3. The van der Waals surface area contributed by atoms with Gasteiger partial charge >= 0.3 is 0 Å². The van der Waals surface area contributed by atoms with E-state index in [1.54, 1.807) is 26.0 Å². The zero-order valence-corrected chi connectivity index (χ0v) is 14.5. The second kappa shape index (κ2) is 8.42. The highest BCUT2D eigenvalue weighted by Crippen LogP contribution is 2.28. The van der Waals surface area contributed by atoms with Crippen LogP contribution in [0.4, 0.5) is 5.69 Å². The van der Waals surface area contributed by atoms with Crippen molar-refractivity contribution in [1.29, 1.82) is 0 Å². The van der Waals surface area contributed by atoms with E-state index in [1.165, 1.54) is 0 Å². The van der Waals surface area contributed by atoms with E-state index in [1.807, 2.05) is 23.1 Å². The summed E-state index contributed by atoms with van der Waals surface area (Å²) >= 11 is 0. The molecule has 1 heterocycles. The first-order valence-corrected chi connectivity index (χ1v) is 8.04. The quantitative estimate of drug-likeness (QED) is 0.846. The van der Waals surface area contributed by atoms with Crippen LogP contribution < -0.4 is 14.8 Å². The van der Waals surface area contributed by atoms with E-state index < -0.39 is 0 Å². The van der Waals surface area contributed by atoms with Gasteiger partial charge in [0.1, 0.15) is 11.5 Å². The molecular formula is C17H25N3O4. The maximum Gasteiger partial charge on any atom is 0.224 e. The largest absolute Gasteiger partial charge is 0.497 e. The van der Waals surface area contributed by atoms with Crippen molar-refractivity contribution >= 4 is 17.5 Å². The van der Waals surface area contributed by atoms with Gasteiger partial charge in [-0.15, -0.1) is 0 Å². The van der Waals surface area contributed by atoms with E-state index in [0.29, 0.717) is 44.9 Å². The van der Waals surface area contributed by atoms with Crippen LogP contribution >= 0.6 is 0 Å². The van der Waals surface area contributed by atoms with E-state index >= 15 is 0 Å². The standard InChI is InChI=1S/C17H25N3O4/c1-13(21)19-8-10-20(11-9-19)17(22)6-7-18-15-12-14(23-2)4-5-16(15)24-3/h4-5,12,18H,6-11H2,1-3H3. The van der Waals surface area contributed by atoms with Gasteiger partial charge in [0.05, 0.1) is 19.9 Å². The Morgan fingerprint density at radius 2 is 1.75 bits per heavy atom. The van der Waals surface area contributed by atoms with Gasteiger partial charge in [0.25, 0.3) is 0 Å². The molecule has 1 aliphatic heterocycles. The number of anilines is 1. The number of amides is 2. The topological polar surface area (TPSA) is 71.1 Å². The average Bonchev–Trinajstić information content (AvgIpc) is 2.61. The second-order valence-electron chi connectivity index (χ2n) is 5.63. The Hall–Kier alpha value is -2.44. The molecule has 0 radical (unpaired) electrons. The van der Waals surface area contributed by atoms with Gasteiger partial charge in [0.2, 0.25) is 11.8 Å². The highest BCUT2D eigenvalue weighted by molar-refractivity contribution is 5.78. The highest BCUT2D eigenvalue weighted by Gasteiger charge is 2.21. The normalized spacial score (nSPS) is 14.3. The predicted molar refractivity (Wildman–Crippen MR) is 91.5 cm³/mol. The minimum atomic E-state index is 0.0638. The van der Waals surface area contributed by atoms with Crippen molar-refractivity contribution in [3.05, 3.63) is 18.2 Å². The molecule has 1 fully saturated rings. The van der Waals surface area contributed by atoms with Gasteiger partial charge in [-0.25, -0.2) is 0 Å². The lowest BCUT2D eigenvalue weighted by Crippen LogP contribution is -2.50. The molecule has 0 unspecified atom stereocenters. The predicted octanol–water partition coefficient (Wildman–Crippen LogP) is 1.20. The molecule has 0 saturated carbocycles. The second-order valence-corrected chi connectivity index (χ2v) is 5.63. The van der Waals surface area contributed by atoms with Crippen molar-refractivity contribution in [3.63, 3.8) is 0 Å². The minimum Gasteiger partial charge on any atom is -0.497 e. The average molecular weight is 335 g/mol. The summed E-state index contributed by atoms with van der Waals surface area (Å²) in [4.78, 5) is 27.2. The zero-order valence-electron chi connectivity index (χ0n) is 14.5. The Morgan fingerprint density at radius 1 is 1.08 bits per heavy atom. The number of nitrogens with one attached hydrogen (secondary N) is 1. The van der Waals surface area contributed by atoms with E-state index in [2.05, 4.69) is 5.32 Å². The molecule has 2 rings (SSSR count). The Morgan fingerprint density at radius 3 is 2.33 bits per heavy atom. The molecule has 7 nitrogen and oxygen atoms in total. The lowest BCUT2D eigenvalue weighted by atomic mass is 10.2. The fourth-order valence-corrected chi connectivity index (χ4v) is 2.69. The number of carbonyl (C=O) groups excluding carboxylic acids is 2. The Kier molecular flexibility index (Phi) is 6.28. The maximum atomic E-state index is 12.3. The molecule has 1 aromatic rings. The van der Waals surface area contributed by atoms with Crippen molar-refractivity contribution in [2.45, 2.75) is 13.3 Å². The molecule has 24 heavy (non-hydrogen) atoms. The monoisotopic (exact) mass is 335 g/mol. The summed E-state index contributed by atoms with van der Waals surface area (Å²) < 4.78 is 10.5. The lowest BCUT2D eigenvalue weighted by Gasteiger charge is -2.34. The fourth-order valence-electron chi connectivity index (χ4n) is 2.69. The van der Waals surface area contributed by atoms with Gasteiger partial charge in [0, 0.05) is 52.1 Å². The van der Waals surface area contributed by atoms with Crippen LogP contribution in [-0.4, -0.2) is 68.6 Å². The summed E-state index contributed by atoms with van der Waals surface area (Å²) in [6, 6.07) is 5.49. The molecule has 132 valence electrons. The fraction of sp³-hybridized carbons (Fsp3) is 0.529. The number of piperazine rings is 1. The smallest absolute Gasteiger partial charge is 0.224 e. The van der Waals surface area contributed by atoms with E-state index in [-0.39, 0.29) is 11.8 Å². The van der Waals surface area contributed by atoms with Crippen molar-refractivity contribution in [3.8, 4) is 11.5 Å². The Balaban J connectivity index is 1.82. The number of ether oxygens (including phenoxy) is 2. The molecule has 0 bridgehead atoms. The molecule has 2 amide bonds. The van der Waals surface area contributed by atoms with E-state index in [9.17, 15) is 9.59 Å². The summed E-state index contributed by atoms with van der Waals surface area (Å²) in [7, 11) is 3.21. The van der Waals surface area contributed by atoms with Crippen LogP contribution in [0.2, 0.25) is 0 Å². The zero-order chi connectivity index (χ0) is 17.5. The molecule has 0 spiro atoms. The molecular weight excluding hydrogens is 310 g/mol. The Labute approximate surface area is 142 Å². The van der Waals surface area contributed by atoms with Crippen LogP contribution in [0.1, 0.15) is 13.3 Å². The first kappa shape index (κ1) is 17.9. The summed E-state index contributed by atoms with van der Waals surface area (Å²) in [6.45, 7) is 4.48. The van der Waals surface area contributed by atoms with Gasteiger partial charge < -0.3 is 24.6 Å². The molecule has 0 atom stereocenters. The molecule has 1 aliphatic rings. The van der Waals surface area contributed by atoms with E-state index in [4.69, 9.17) is 9.47 Å². The third kappa shape index (κ3) is 4.53. The summed E-state index contributed by atoms with van der Waals surface area (Å²) in [6.07, 6.45) is 0.389. The van der Waals surface area contributed by atoms with Crippen molar-refractivity contribution < 1.29 is 19.1 Å². The van der Waals surface area contributed by atoms with Crippen LogP contribution in [-0.2, 0) is 9.59 Å². The van der Waals surface area contributed by atoms with Crippen LogP contribution in [0.15, 0.2) is 18.2 Å². The summed E-state index contributed by atoms with van der Waals surface area (Å²) in [5.41, 5.74) is 0.797. The Bertz CT molecular complexity index is 583. The first-order valence-electron chi connectivity index (χ1n) is 8.04. The number of hydrogen-bond donors (Lipinski definition) is 1. The van der Waals surface area contributed by atoms with Gasteiger partial charge in [-0.2, -0.15) is 0 Å². The molecule has 7 heteroatoms. The van der Waals surface area contributed by atoms with Gasteiger partial charge in [0.15, 0.2) is 0 Å². The van der Waals surface area contributed by atoms with Crippen molar-refractivity contribution in [2.24, 2.45) is 0 Å². The number of rotatable bonds is 6. The SMILES string of the molecule is COc1ccc(OC)c(NCCC(=O)N2CCN(C(C)=O)CC2)c1. The third-order valence-electron chi connectivity index (χ3n) is 4.14. The number of carbonyl (C=O) groups is 2. The van der Waals surface area contributed by atoms with Crippen LogP contribution in [0.5, 0.6) is 11.5 Å². The van der Waals surface area contributed by atoms with Crippen molar-refractivity contribution in [2.75, 3.05) is 52.3 Å². The van der Waals surface area contributed by atoms with Crippen LogP contribution in [0, 0.1) is 0 Å².